The van der Waals surface area contributed by atoms with E-state index in [1.54, 1.807) is 23.1 Å². The number of carboxylic acids is 1. The van der Waals surface area contributed by atoms with Gasteiger partial charge in [-0.25, -0.2) is 0 Å². The number of aliphatic hydroxyl groups is 1. The van der Waals surface area contributed by atoms with Crippen molar-refractivity contribution >= 4 is 5.97 Å². The van der Waals surface area contributed by atoms with Crippen LogP contribution in [0.2, 0.25) is 0 Å². The molecule has 1 atom stereocenters. The lowest BCUT2D eigenvalue weighted by Gasteiger charge is -2.25. The average molecular weight is 237 g/mol. The first kappa shape index (κ1) is 11.9. The Kier molecular flexibility index (Phi) is 3.61. The largest absolute Gasteiger partial charge is 0.492 e. The molecule has 0 amide bonds. The molecule has 2 N–H and O–H groups in total. The lowest BCUT2D eigenvalue weighted by Crippen LogP contribution is -2.37. The van der Waals surface area contributed by atoms with Crippen molar-refractivity contribution in [2.24, 2.45) is 0 Å². The fraction of sp³-hybridized carbons (Fsp3) is 0.417. The van der Waals surface area contributed by atoms with E-state index in [0.29, 0.717) is 31.0 Å². The van der Waals surface area contributed by atoms with Gasteiger partial charge in [0, 0.05) is 18.7 Å². The number of benzene rings is 1. The number of ether oxygens (including phenoxy) is 1. The van der Waals surface area contributed by atoms with Gasteiger partial charge in [-0.3, -0.25) is 9.69 Å². The highest BCUT2D eigenvalue weighted by molar-refractivity contribution is 5.76. The number of aliphatic hydroxyl groups excluding tert-OH is 1. The van der Waals surface area contributed by atoms with Gasteiger partial charge in [-0.15, -0.1) is 0 Å². The Morgan fingerprint density at radius 1 is 1.47 bits per heavy atom. The van der Waals surface area contributed by atoms with E-state index in [-0.39, 0.29) is 6.61 Å². The molecule has 0 aromatic heterocycles. The summed E-state index contributed by atoms with van der Waals surface area (Å²) in [5.74, 6) is -0.309. The number of para-hydroxylation sites is 1. The van der Waals surface area contributed by atoms with Crippen molar-refractivity contribution in [2.75, 3.05) is 26.3 Å². The summed E-state index contributed by atoms with van der Waals surface area (Å²) in [7, 11) is 0. The maximum atomic E-state index is 11.4. The van der Waals surface area contributed by atoms with Crippen LogP contribution in [-0.2, 0) is 4.79 Å². The van der Waals surface area contributed by atoms with Crippen molar-refractivity contribution in [3.63, 3.8) is 0 Å². The molecule has 0 aliphatic carbocycles. The molecule has 1 unspecified atom stereocenters. The maximum absolute atomic E-state index is 11.4. The van der Waals surface area contributed by atoms with E-state index in [4.69, 9.17) is 9.84 Å². The van der Waals surface area contributed by atoms with Gasteiger partial charge in [-0.2, -0.15) is 0 Å². The van der Waals surface area contributed by atoms with E-state index in [0.717, 1.165) is 0 Å². The Labute approximate surface area is 99.2 Å². The van der Waals surface area contributed by atoms with Gasteiger partial charge in [-0.1, -0.05) is 18.2 Å². The minimum atomic E-state index is -0.920. The van der Waals surface area contributed by atoms with Crippen LogP contribution in [0.25, 0.3) is 0 Å². The number of hydrogen-bond acceptors (Lipinski definition) is 4. The lowest BCUT2D eigenvalue weighted by atomic mass is 10.0. The first-order valence-electron chi connectivity index (χ1n) is 5.53. The predicted octanol–water partition coefficient (Wildman–Crippen LogP) is 0.499. The molecule has 1 aromatic carbocycles. The van der Waals surface area contributed by atoms with Crippen LogP contribution in [0.15, 0.2) is 24.3 Å². The van der Waals surface area contributed by atoms with Crippen molar-refractivity contribution in [3.8, 4) is 5.75 Å². The average Bonchev–Trinajstić information content (AvgIpc) is 2.48. The van der Waals surface area contributed by atoms with Crippen LogP contribution >= 0.6 is 0 Å². The van der Waals surface area contributed by atoms with E-state index in [9.17, 15) is 9.90 Å². The van der Waals surface area contributed by atoms with Crippen LogP contribution in [0, 0.1) is 0 Å². The lowest BCUT2D eigenvalue weighted by molar-refractivity contribution is -0.143. The van der Waals surface area contributed by atoms with E-state index in [2.05, 4.69) is 0 Å². The quantitative estimate of drug-likeness (QED) is 0.801. The fourth-order valence-corrected chi connectivity index (χ4v) is 2.10. The van der Waals surface area contributed by atoms with E-state index in [1.807, 2.05) is 6.07 Å². The van der Waals surface area contributed by atoms with Gasteiger partial charge < -0.3 is 14.9 Å². The molecule has 0 saturated carbocycles. The van der Waals surface area contributed by atoms with Crippen LogP contribution in [-0.4, -0.2) is 47.4 Å². The Bertz CT molecular complexity index is 407. The Balaban J connectivity index is 2.39. The van der Waals surface area contributed by atoms with Crippen molar-refractivity contribution in [3.05, 3.63) is 29.8 Å². The summed E-state index contributed by atoms with van der Waals surface area (Å²) in [5, 5.41) is 18.3. The summed E-state index contributed by atoms with van der Waals surface area (Å²) in [4.78, 5) is 13.1. The van der Waals surface area contributed by atoms with Crippen molar-refractivity contribution < 1.29 is 19.7 Å². The van der Waals surface area contributed by atoms with Crippen LogP contribution in [0.5, 0.6) is 5.75 Å². The zero-order valence-electron chi connectivity index (χ0n) is 9.37. The molecule has 5 nitrogen and oxygen atoms in total. The second-order valence-corrected chi connectivity index (χ2v) is 3.89. The molecular formula is C12H15NO4. The van der Waals surface area contributed by atoms with E-state index < -0.39 is 12.0 Å². The number of β-amino-alcohol motifs (C(OH)–C–C–N with tert-alkyl or cyclic N) is 1. The molecule has 5 heteroatoms. The molecule has 0 saturated heterocycles. The van der Waals surface area contributed by atoms with Crippen LogP contribution < -0.4 is 4.74 Å². The number of aliphatic carboxylic acids is 1. The highest BCUT2D eigenvalue weighted by Gasteiger charge is 2.31. The zero-order chi connectivity index (χ0) is 12.3. The molecule has 17 heavy (non-hydrogen) atoms. The third-order valence-electron chi connectivity index (χ3n) is 2.84. The molecule has 1 heterocycles. The van der Waals surface area contributed by atoms with Gasteiger partial charge in [0.2, 0.25) is 0 Å². The van der Waals surface area contributed by atoms with Gasteiger partial charge in [0.1, 0.15) is 18.4 Å². The fourth-order valence-electron chi connectivity index (χ4n) is 2.10. The van der Waals surface area contributed by atoms with E-state index in [1.165, 1.54) is 0 Å². The third-order valence-corrected chi connectivity index (χ3v) is 2.84. The monoisotopic (exact) mass is 237 g/mol. The molecule has 2 rings (SSSR count). The molecule has 0 spiro atoms. The van der Waals surface area contributed by atoms with Crippen LogP contribution in [0.1, 0.15) is 11.6 Å². The summed E-state index contributed by atoms with van der Waals surface area (Å²) < 4.78 is 5.52. The molecule has 0 radical (unpaired) electrons. The second kappa shape index (κ2) is 5.16. The van der Waals surface area contributed by atoms with Crippen molar-refractivity contribution in [1.82, 2.24) is 4.90 Å². The molecule has 1 aliphatic heterocycles. The molecule has 0 fully saturated rings. The highest BCUT2D eigenvalue weighted by atomic mass is 16.5. The highest BCUT2D eigenvalue weighted by Crippen LogP contribution is 2.31. The van der Waals surface area contributed by atoms with Gasteiger partial charge in [0.05, 0.1) is 6.61 Å². The number of carbonyl (C=O) groups is 1. The normalized spacial score (nSPS) is 20.2. The minimum Gasteiger partial charge on any atom is -0.492 e. The Hall–Kier alpha value is -1.59. The van der Waals surface area contributed by atoms with Gasteiger partial charge in [0.15, 0.2) is 0 Å². The van der Waals surface area contributed by atoms with E-state index >= 15 is 0 Å². The summed E-state index contributed by atoms with van der Waals surface area (Å²) >= 11 is 0. The summed E-state index contributed by atoms with van der Waals surface area (Å²) in [5.41, 5.74) is 0.644. The smallest absolute Gasteiger partial charge is 0.325 e. The van der Waals surface area contributed by atoms with Gasteiger partial charge >= 0.3 is 5.97 Å². The van der Waals surface area contributed by atoms with Gasteiger partial charge in [-0.05, 0) is 6.07 Å². The second-order valence-electron chi connectivity index (χ2n) is 3.89. The Morgan fingerprint density at radius 3 is 2.94 bits per heavy atom. The van der Waals surface area contributed by atoms with Gasteiger partial charge in [0.25, 0.3) is 0 Å². The number of nitrogens with zero attached hydrogens (tertiary/aromatic N) is 1. The predicted molar refractivity (Wildman–Crippen MR) is 61.0 cm³/mol. The first-order chi connectivity index (χ1) is 8.24. The number of carboxylic acid groups (broad SMARTS) is 1. The molecule has 1 aliphatic rings. The number of hydrogen-bond donors (Lipinski definition) is 2. The van der Waals surface area contributed by atoms with Crippen LogP contribution in [0.3, 0.4) is 0 Å². The van der Waals surface area contributed by atoms with Crippen molar-refractivity contribution in [1.29, 1.82) is 0 Å². The topological polar surface area (TPSA) is 70.0 Å². The summed E-state index contributed by atoms with van der Waals surface area (Å²) in [6, 6.07) is 6.39. The third kappa shape index (κ3) is 2.40. The van der Waals surface area contributed by atoms with Crippen molar-refractivity contribution in [2.45, 2.75) is 6.04 Å². The van der Waals surface area contributed by atoms with Crippen LogP contribution in [0.4, 0.5) is 0 Å². The molecule has 1 aromatic rings. The Morgan fingerprint density at radius 2 is 2.24 bits per heavy atom. The standard InChI is InChI=1S/C12H15NO4/c14-7-5-13-6-8-17-10-4-2-1-3-9(10)11(13)12(15)16/h1-4,11,14H,5-8H2,(H,15,16). The summed E-state index contributed by atoms with van der Waals surface area (Å²) in [6.07, 6.45) is 0. The number of rotatable bonds is 3. The summed E-state index contributed by atoms with van der Waals surface area (Å²) in [6.45, 7) is 1.19. The SMILES string of the molecule is O=C(O)C1c2ccccc2OCCN1CCO. The zero-order valence-corrected chi connectivity index (χ0v) is 9.37. The molecule has 0 bridgehead atoms. The first-order valence-corrected chi connectivity index (χ1v) is 5.53. The minimum absolute atomic E-state index is 0.0635. The molecule has 92 valence electrons. The maximum Gasteiger partial charge on any atom is 0.325 e. The number of fused-ring (bicyclic) bond motifs is 1. The molecular weight excluding hydrogens is 222 g/mol.